The normalized spacial score (nSPS) is 10.5. The molecular formula is C17H13FN2O3. The molecule has 0 aliphatic heterocycles. The molecule has 0 saturated heterocycles. The van der Waals surface area contributed by atoms with Crippen LogP contribution in [0, 0.1) is 11.2 Å². The third-order valence-corrected chi connectivity index (χ3v) is 3.34. The lowest BCUT2D eigenvalue weighted by atomic mass is 10.1. The van der Waals surface area contributed by atoms with E-state index >= 15 is 0 Å². The highest BCUT2D eigenvalue weighted by molar-refractivity contribution is 6.05. The molecule has 0 radical (unpaired) electrons. The van der Waals surface area contributed by atoms with Gasteiger partial charge in [0.25, 0.3) is 5.91 Å². The molecule has 6 heteroatoms. The second-order valence-corrected chi connectivity index (χ2v) is 4.83. The topological polar surface area (TPSA) is 75.3 Å². The van der Waals surface area contributed by atoms with Crippen LogP contribution in [0.2, 0.25) is 0 Å². The summed E-state index contributed by atoms with van der Waals surface area (Å²) in [7, 11) is 1.53. The maximum atomic E-state index is 13.6. The van der Waals surface area contributed by atoms with Crippen molar-refractivity contribution in [2.24, 2.45) is 0 Å². The summed E-state index contributed by atoms with van der Waals surface area (Å²) >= 11 is 0. The van der Waals surface area contributed by atoms with Crippen molar-refractivity contribution in [1.29, 1.82) is 5.41 Å². The van der Waals surface area contributed by atoms with Gasteiger partial charge in [-0.15, -0.1) is 0 Å². The molecular weight excluding hydrogens is 299 g/mol. The molecule has 0 spiro atoms. The highest BCUT2D eigenvalue weighted by Crippen LogP contribution is 2.21. The zero-order valence-electron chi connectivity index (χ0n) is 12.2. The van der Waals surface area contributed by atoms with Crippen molar-refractivity contribution in [2.45, 2.75) is 0 Å². The summed E-state index contributed by atoms with van der Waals surface area (Å²) in [5.74, 6) is -0.569. The fourth-order valence-corrected chi connectivity index (χ4v) is 2.16. The first-order chi connectivity index (χ1) is 11.1. The van der Waals surface area contributed by atoms with Crippen molar-refractivity contribution >= 4 is 22.6 Å². The molecule has 0 fully saturated rings. The number of carbonyl (C=O) groups excluding carboxylic acids is 1. The van der Waals surface area contributed by atoms with Crippen LogP contribution < -0.4 is 15.6 Å². The van der Waals surface area contributed by atoms with Gasteiger partial charge in [0.05, 0.1) is 12.8 Å². The number of fused-ring (bicyclic) bond motifs is 1. The Bertz CT molecular complexity index is 950. The number of hydrogen-bond acceptors (Lipinski definition) is 4. The number of benzene rings is 2. The van der Waals surface area contributed by atoms with Gasteiger partial charge in [-0.3, -0.25) is 10.2 Å². The minimum absolute atomic E-state index is 0.0194. The van der Waals surface area contributed by atoms with Crippen molar-refractivity contribution in [3.63, 3.8) is 0 Å². The molecule has 1 aromatic heterocycles. The van der Waals surface area contributed by atoms with Gasteiger partial charge in [-0.1, -0.05) is 12.1 Å². The molecule has 23 heavy (non-hydrogen) atoms. The second-order valence-electron chi connectivity index (χ2n) is 4.83. The largest absolute Gasteiger partial charge is 0.497 e. The summed E-state index contributed by atoms with van der Waals surface area (Å²) in [6.07, 6.45) is 0. The Morgan fingerprint density at radius 1 is 1.22 bits per heavy atom. The SMILES string of the molecule is COc1ccc2cc(C(=O)Nc3ccccc3F)c(=N)oc2c1. The molecule has 0 atom stereocenters. The number of rotatable bonds is 3. The monoisotopic (exact) mass is 312 g/mol. The van der Waals surface area contributed by atoms with Crippen LogP contribution in [0.15, 0.2) is 52.9 Å². The molecule has 3 aromatic rings. The lowest BCUT2D eigenvalue weighted by Crippen LogP contribution is -2.21. The number of anilines is 1. The van der Waals surface area contributed by atoms with Crippen LogP contribution in [-0.4, -0.2) is 13.0 Å². The highest BCUT2D eigenvalue weighted by atomic mass is 19.1. The van der Waals surface area contributed by atoms with Crippen molar-refractivity contribution in [2.75, 3.05) is 12.4 Å². The zero-order chi connectivity index (χ0) is 16.4. The molecule has 1 heterocycles. The van der Waals surface area contributed by atoms with Crippen molar-refractivity contribution in [3.8, 4) is 5.75 Å². The molecule has 3 rings (SSSR count). The summed E-state index contributed by atoms with van der Waals surface area (Å²) in [6, 6.07) is 12.4. The van der Waals surface area contributed by atoms with E-state index < -0.39 is 11.7 Å². The molecule has 5 nitrogen and oxygen atoms in total. The predicted octanol–water partition coefficient (Wildman–Crippen LogP) is 3.31. The number of para-hydroxylation sites is 1. The van der Waals surface area contributed by atoms with E-state index in [1.165, 1.54) is 31.4 Å². The smallest absolute Gasteiger partial charge is 0.261 e. The van der Waals surface area contributed by atoms with E-state index in [0.29, 0.717) is 16.7 Å². The molecule has 2 aromatic carbocycles. The Hall–Kier alpha value is -3.15. The van der Waals surface area contributed by atoms with Gasteiger partial charge in [-0.2, -0.15) is 0 Å². The van der Waals surface area contributed by atoms with Gasteiger partial charge in [0.15, 0.2) is 0 Å². The van der Waals surface area contributed by atoms with Gasteiger partial charge in [-0.25, -0.2) is 4.39 Å². The molecule has 0 bridgehead atoms. The molecule has 0 unspecified atom stereocenters. The van der Waals surface area contributed by atoms with Gasteiger partial charge < -0.3 is 14.5 Å². The predicted molar refractivity (Wildman–Crippen MR) is 83.0 cm³/mol. The first kappa shape index (κ1) is 14.8. The van der Waals surface area contributed by atoms with Crippen molar-refractivity contribution in [1.82, 2.24) is 0 Å². The number of methoxy groups -OCH3 is 1. The lowest BCUT2D eigenvalue weighted by molar-refractivity contribution is 0.102. The molecule has 0 aliphatic carbocycles. The van der Waals surface area contributed by atoms with Gasteiger partial charge >= 0.3 is 0 Å². The fraction of sp³-hybridized carbons (Fsp3) is 0.0588. The van der Waals surface area contributed by atoms with Crippen LogP contribution in [0.3, 0.4) is 0 Å². The van der Waals surface area contributed by atoms with E-state index in [0.717, 1.165) is 0 Å². The Morgan fingerprint density at radius 3 is 2.74 bits per heavy atom. The molecule has 1 amide bonds. The third kappa shape index (κ3) is 2.91. The molecule has 0 aliphatic rings. The van der Waals surface area contributed by atoms with Gasteiger partial charge in [-0.05, 0) is 30.3 Å². The van der Waals surface area contributed by atoms with Crippen LogP contribution in [0.1, 0.15) is 10.4 Å². The maximum absolute atomic E-state index is 13.6. The number of amides is 1. The van der Waals surface area contributed by atoms with Crippen LogP contribution in [0.4, 0.5) is 10.1 Å². The van der Waals surface area contributed by atoms with Crippen molar-refractivity contribution in [3.05, 3.63) is 65.5 Å². The summed E-state index contributed by atoms with van der Waals surface area (Å²) in [5, 5.41) is 10.9. The number of halogens is 1. The Labute approximate surface area is 130 Å². The number of nitrogens with one attached hydrogen (secondary N) is 2. The summed E-state index contributed by atoms with van der Waals surface area (Å²) in [5.41, 5.74) is 0.189. The molecule has 0 saturated carbocycles. The number of hydrogen-bond donors (Lipinski definition) is 2. The lowest BCUT2D eigenvalue weighted by Gasteiger charge is -2.07. The average Bonchev–Trinajstić information content (AvgIpc) is 2.55. The summed E-state index contributed by atoms with van der Waals surface area (Å²) in [6.45, 7) is 0. The third-order valence-electron chi connectivity index (χ3n) is 3.34. The van der Waals surface area contributed by atoms with E-state index in [-0.39, 0.29) is 16.8 Å². The molecule has 2 N–H and O–H groups in total. The fourth-order valence-electron chi connectivity index (χ4n) is 2.16. The Morgan fingerprint density at radius 2 is 2.00 bits per heavy atom. The second kappa shape index (κ2) is 5.92. The van der Waals surface area contributed by atoms with Crippen LogP contribution in [0.5, 0.6) is 5.75 Å². The maximum Gasteiger partial charge on any atom is 0.261 e. The Kier molecular flexibility index (Phi) is 3.80. The van der Waals surface area contributed by atoms with E-state index in [1.807, 2.05) is 0 Å². The highest BCUT2D eigenvalue weighted by Gasteiger charge is 2.14. The number of carbonyl (C=O) groups is 1. The van der Waals surface area contributed by atoms with Crippen LogP contribution in [-0.2, 0) is 0 Å². The van der Waals surface area contributed by atoms with E-state index in [1.54, 1.807) is 24.3 Å². The van der Waals surface area contributed by atoms with Crippen LogP contribution >= 0.6 is 0 Å². The van der Waals surface area contributed by atoms with Gasteiger partial charge in [0.2, 0.25) is 5.55 Å². The minimum atomic E-state index is -0.610. The van der Waals surface area contributed by atoms with E-state index in [4.69, 9.17) is 14.6 Å². The van der Waals surface area contributed by atoms with Gasteiger partial charge in [0.1, 0.15) is 22.7 Å². The van der Waals surface area contributed by atoms with Crippen molar-refractivity contribution < 1.29 is 18.3 Å². The van der Waals surface area contributed by atoms with E-state index in [2.05, 4.69) is 5.32 Å². The average molecular weight is 312 g/mol. The Balaban J connectivity index is 1.99. The minimum Gasteiger partial charge on any atom is -0.497 e. The zero-order valence-corrected chi connectivity index (χ0v) is 12.2. The first-order valence-corrected chi connectivity index (χ1v) is 6.81. The summed E-state index contributed by atoms with van der Waals surface area (Å²) < 4.78 is 24.0. The molecule has 116 valence electrons. The summed E-state index contributed by atoms with van der Waals surface area (Å²) in [4.78, 5) is 12.3. The standard InChI is InChI=1S/C17H13FN2O3/c1-22-11-7-6-10-8-12(16(19)23-15(10)9-11)17(21)20-14-5-3-2-4-13(14)18/h2-9,19H,1H3,(H,20,21). The quantitative estimate of drug-likeness (QED) is 0.779. The van der Waals surface area contributed by atoms with E-state index in [9.17, 15) is 9.18 Å². The van der Waals surface area contributed by atoms with Crippen LogP contribution in [0.25, 0.3) is 11.0 Å². The van der Waals surface area contributed by atoms with Gasteiger partial charge in [0, 0.05) is 11.5 Å². The number of ether oxygens (including phenoxy) is 1. The first-order valence-electron chi connectivity index (χ1n) is 6.81.